The van der Waals surface area contributed by atoms with Gasteiger partial charge in [-0.15, -0.1) is 21.5 Å². The standard InChI is InChI=1S/C26H21ClN4O3S/c1-33-20-14-16(13-17(15-28)25-30-29-22-9-3-2-6-12-31(22)25)10-11-19(20)34-26(32)24-23(27)18-7-4-5-8-21(18)35-24/h4-5,7-8,10-11,13-14H,2-3,6,9,12H2,1H3. The maximum Gasteiger partial charge on any atom is 0.355 e. The number of carbonyl (C=O) groups excluding carboxylic acids is 1. The van der Waals surface area contributed by atoms with Crippen LogP contribution in [0.15, 0.2) is 42.5 Å². The lowest BCUT2D eigenvalue weighted by molar-refractivity contribution is 0.0735. The fourth-order valence-electron chi connectivity index (χ4n) is 4.15. The van der Waals surface area contributed by atoms with Crippen molar-refractivity contribution in [1.29, 1.82) is 5.26 Å². The zero-order chi connectivity index (χ0) is 24.4. The largest absolute Gasteiger partial charge is 0.493 e. The first-order valence-electron chi connectivity index (χ1n) is 11.2. The summed E-state index contributed by atoms with van der Waals surface area (Å²) in [6.45, 7) is 0.801. The Labute approximate surface area is 211 Å². The molecular formula is C26H21ClN4O3S. The van der Waals surface area contributed by atoms with Crippen LogP contribution in [0.2, 0.25) is 5.02 Å². The van der Waals surface area contributed by atoms with E-state index in [1.807, 2.05) is 28.8 Å². The van der Waals surface area contributed by atoms with Crippen LogP contribution in [0.25, 0.3) is 21.7 Å². The highest BCUT2D eigenvalue weighted by molar-refractivity contribution is 7.21. The first kappa shape index (κ1) is 23.1. The van der Waals surface area contributed by atoms with Gasteiger partial charge in [-0.2, -0.15) is 5.26 Å². The summed E-state index contributed by atoms with van der Waals surface area (Å²) in [5, 5.41) is 19.6. The van der Waals surface area contributed by atoms with Crippen molar-refractivity contribution in [3.8, 4) is 17.6 Å². The number of benzene rings is 2. The van der Waals surface area contributed by atoms with E-state index in [4.69, 9.17) is 21.1 Å². The Morgan fingerprint density at radius 2 is 2.03 bits per heavy atom. The van der Waals surface area contributed by atoms with Crippen molar-refractivity contribution in [2.24, 2.45) is 0 Å². The minimum atomic E-state index is -0.554. The number of thiophene rings is 1. The third-order valence-electron chi connectivity index (χ3n) is 5.89. The fraction of sp³-hybridized carbons (Fsp3) is 0.231. The summed E-state index contributed by atoms with van der Waals surface area (Å²) in [4.78, 5) is 13.2. The van der Waals surface area contributed by atoms with Crippen molar-refractivity contribution in [1.82, 2.24) is 14.8 Å². The van der Waals surface area contributed by atoms with Gasteiger partial charge in [0.05, 0.1) is 17.7 Å². The molecule has 0 N–H and O–H groups in total. The summed E-state index contributed by atoms with van der Waals surface area (Å²) in [7, 11) is 1.50. The van der Waals surface area contributed by atoms with Crippen LogP contribution in [0.1, 0.15) is 46.1 Å². The number of nitriles is 1. The molecule has 0 fully saturated rings. The number of rotatable bonds is 5. The van der Waals surface area contributed by atoms with E-state index in [-0.39, 0.29) is 5.75 Å². The zero-order valence-corrected chi connectivity index (χ0v) is 20.5. The first-order valence-corrected chi connectivity index (χ1v) is 12.4. The number of fused-ring (bicyclic) bond motifs is 2. The molecule has 2 aromatic carbocycles. The summed E-state index contributed by atoms with van der Waals surface area (Å²) < 4.78 is 14.0. The van der Waals surface area contributed by atoms with Gasteiger partial charge < -0.3 is 14.0 Å². The second kappa shape index (κ2) is 9.90. The summed E-state index contributed by atoms with van der Waals surface area (Å²) >= 11 is 7.71. The molecule has 7 nitrogen and oxygen atoms in total. The quantitative estimate of drug-likeness (QED) is 0.183. The molecular weight excluding hydrogens is 484 g/mol. The molecule has 176 valence electrons. The lowest BCUT2D eigenvalue weighted by atomic mass is 10.1. The average Bonchev–Trinajstić information content (AvgIpc) is 3.34. The molecule has 0 aliphatic carbocycles. The first-order chi connectivity index (χ1) is 17.1. The number of methoxy groups -OCH3 is 1. The number of ether oxygens (including phenoxy) is 2. The van der Waals surface area contributed by atoms with E-state index in [1.54, 1.807) is 24.3 Å². The van der Waals surface area contributed by atoms with Crippen LogP contribution < -0.4 is 9.47 Å². The number of hydrogen-bond donors (Lipinski definition) is 0. The van der Waals surface area contributed by atoms with Crippen LogP contribution in [-0.4, -0.2) is 27.8 Å². The number of hydrogen-bond acceptors (Lipinski definition) is 7. The predicted molar refractivity (Wildman–Crippen MR) is 136 cm³/mol. The van der Waals surface area contributed by atoms with Gasteiger partial charge in [0.15, 0.2) is 17.3 Å². The topological polar surface area (TPSA) is 90.0 Å². The highest BCUT2D eigenvalue weighted by atomic mass is 35.5. The molecule has 0 radical (unpaired) electrons. The third kappa shape index (κ3) is 4.53. The molecule has 0 spiro atoms. The molecule has 0 bridgehead atoms. The molecule has 4 aromatic rings. The van der Waals surface area contributed by atoms with E-state index >= 15 is 0 Å². The number of nitrogens with zero attached hydrogens (tertiary/aromatic N) is 4. The molecule has 1 aliphatic heterocycles. The molecule has 0 atom stereocenters. The number of aryl methyl sites for hydroxylation is 1. The number of halogens is 1. The smallest absolute Gasteiger partial charge is 0.355 e. The maximum absolute atomic E-state index is 12.9. The van der Waals surface area contributed by atoms with E-state index in [2.05, 4.69) is 16.3 Å². The average molecular weight is 505 g/mol. The molecule has 3 heterocycles. The number of esters is 1. The Bertz CT molecular complexity index is 1500. The summed E-state index contributed by atoms with van der Waals surface area (Å²) in [6.07, 6.45) is 5.85. The molecule has 35 heavy (non-hydrogen) atoms. The zero-order valence-electron chi connectivity index (χ0n) is 19.0. The normalized spacial score (nSPS) is 13.7. The van der Waals surface area contributed by atoms with Crippen LogP contribution in [0, 0.1) is 11.3 Å². The molecule has 0 saturated carbocycles. The predicted octanol–water partition coefficient (Wildman–Crippen LogP) is 6.16. The Morgan fingerprint density at radius 3 is 2.83 bits per heavy atom. The van der Waals surface area contributed by atoms with E-state index in [1.165, 1.54) is 18.4 Å². The van der Waals surface area contributed by atoms with E-state index < -0.39 is 5.97 Å². The summed E-state index contributed by atoms with van der Waals surface area (Å²) in [5.74, 6) is 1.55. The van der Waals surface area contributed by atoms with E-state index in [9.17, 15) is 10.1 Å². The van der Waals surface area contributed by atoms with Gasteiger partial charge >= 0.3 is 5.97 Å². The molecule has 2 aromatic heterocycles. The van der Waals surface area contributed by atoms with Crippen molar-refractivity contribution in [3.63, 3.8) is 0 Å². The highest BCUT2D eigenvalue weighted by Crippen LogP contribution is 2.37. The van der Waals surface area contributed by atoms with Crippen LogP contribution in [0.4, 0.5) is 0 Å². The van der Waals surface area contributed by atoms with Crippen molar-refractivity contribution in [3.05, 3.63) is 69.6 Å². The van der Waals surface area contributed by atoms with Crippen molar-refractivity contribution in [2.45, 2.75) is 32.2 Å². The molecule has 0 unspecified atom stereocenters. The molecule has 1 aliphatic rings. The van der Waals surface area contributed by atoms with Crippen molar-refractivity contribution in [2.75, 3.05) is 7.11 Å². The number of allylic oxidation sites excluding steroid dienone is 1. The monoisotopic (exact) mass is 504 g/mol. The third-order valence-corrected chi connectivity index (χ3v) is 7.55. The molecule has 0 amide bonds. The van der Waals surface area contributed by atoms with Gasteiger partial charge in [0.2, 0.25) is 0 Å². The lowest BCUT2D eigenvalue weighted by Gasteiger charge is -2.10. The van der Waals surface area contributed by atoms with Crippen LogP contribution in [-0.2, 0) is 13.0 Å². The molecule has 5 rings (SSSR count). The second-order valence-corrected chi connectivity index (χ2v) is 9.54. The fourth-order valence-corrected chi connectivity index (χ4v) is 5.53. The Morgan fingerprint density at radius 1 is 1.17 bits per heavy atom. The van der Waals surface area contributed by atoms with Crippen molar-refractivity contribution < 1.29 is 14.3 Å². The van der Waals surface area contributed by atoms with Gasteiger partial charge in [-0.1, -0.05) is 42.3 Å². The molecule has 9 heteroatoms. The van der Waals surface area contributed by atoms with E-state index in [0.717, 1.165) is 48.1 Å². The van der Waals surface area contributed by atoms with Gasteiger partial charge in [-0.05, 0) is 42.7 Å². The Hall–Kier alpha value is -3.67. The van der Waals surface area contributed by atoms with Gasteiger partial charge in [0, 0.05) is 23.1 Å². The van der Waals surface area contributed by atoms with Crippen molar-refractivity contribution >= 4 is 50.6 Å². The minimum absolute atomic E-state index is 0.262. The van der Waals surface area contributed by atoms with Gasteiger partial charge in [-0.3, -0.25) is 0 Å². The van der Waals surface area contributed by atoms with Gasteiger partial charge in [-0.25, -0.2) is 4.79 Å². The Balaban J connectivity index is 1.42. The maximum atomic E-state index is 12.9. The highest BCUT2D eigenvalue weighted by Gasteiger charge is 2.21. The van der Waals surface area contributed by atoms with Crippen LogP contribution in [0.5, 0.6) is 11.5 Å². The Kier molecular flexibility index (Phi) is 6.53. The van der Waals surface area contributed by atoms with Crippen LogP contribution in [0.3, 0.4) is 0 Å². The summed E-state index contributed by atoms with van der Waals surface area (Å²) in [6, 6.07) is 14.9. The SMILES string of the molecule is COc1cc(C=C(C#N)c2nnc3n2CCCCC3)ccc1OC(=O)c1sc2ccccc2c1Cl. The number of carbonyl (C=O) groups is 1. The van der Waals surface area contributed by atoms with Gasteiger partial charge in [0.1, 0.15) is 16.8 Å². The lowest BCUT2D eigenvalue weighted by Crippen LogP contribution is -2.08. The van der Waals surface area contributed by atoms with Gasteiger partial charge in [0.25, 0.3) is 0 Å². The number of aromatic nitrogens is 3. The van der Waals surface area contributed by atoms with E-state index in [0.29, 0.717) is 32.6 Å². The second-order valence-electron chi connectivity index (χ2n) is 8.11. The molecule has 0 saturated heterocycles. The minimum Gasteiger partial charge on any atom is -0.493 e. The summed E-state index contributed by atoms with van der Waals surface area (Å²) in [5.41, 5.74) is 1.12. The van der Waals surface area contributed by atoms with Crippen LogP contribution >= 0.6 is 22.9 Å².